The number of aryl methyl sites for hydroxylation is 2. The smallest absolute Gasteiger partial charge is 0.277 e. The summed E-state index contributed by atoms with van der Waals surface area (Å²) >= 11 is 3.57. The Morgan fingerprint density at radius 1 is 1.11 bits per heavy atom. The van der Waals surface area contributed by atoms with Crippen molar-refractivity contribution in [3.8, 4) is 22.7 Å². The summed E-state index contributed by atoms with van der Waals surface area (Å²) in [5.41, 5.74) is 9.29. The van der Waals surface area contributed by atoms with E-state index in [1.807, 2.05) is 85.4 Å². The number of benzene rings is 3. The Balaban J connectivity index is 1.50. The van der Waals surface area contributed by atoms with Gasteiger partial charge in [-0.1, -0.05) is 71.7 Å². The first-order valence-corrected chi connectivity index (χ1v) is 12.6. The van der Waals surface area contributed by atoms with Crippen molar-refractivity contribution in [1.29, 1.82) is 0 Å². The average molecular weight is 545 g/mol. The number of nitrogens with one attached hydrogen (secondary N) is 1. The van der Waals surface area contributed by atoms with Gasteiger partial charge in [-0.2, -0.15) is 10.2 Å². The van der Waals surface area contributed by atoms with E-state index in [-0.39, 0.29) is 18.4 Å². The Labute approximate surface area is 220 Å². The summed E-state index contributed by atoms with van der Waals surface area (Å²) in [7, 11) is 0. The van der Waals surface area contributed by atoms with Gasteiger partial charge in [-0.25, -0.2) is 10.1 Å². The Bertz CT molecular complexity index is 1390. The SMILES string of the molecule is Cc1cccc(-c2nn(-c3ccccc3)cc2/C=N/NC(=O)COc2cc(C)c(Br)cc2C(C)C)c1. The van der Waals surface area contributed by atoms with Crippen LogP contribution in [0.4, 0.5) is 0 Å². The third-order valence-electron chi connectivity index (χ3n) is 5.72. The van der Waals surface area contributed by atoms with Crippen LogP contribution in [0.15, 0.2) is 82.5 Å². The lowest BCUT2D eigenvalue weighted by Gasteiger charge is -2.15. The molecular formula is C29H29BrN4O2. The summed E-state index contributed by atoms with van der Waals surface area (Å²) in [6, 6.07) is 22.0. The van der Waals surface area contributed by atoms with Crippen LogP contribution >= 0.6 is 15.9 Å². The highest BCUT2D eigenvalue weighted by Crippen LogP contribution is 2.32. The van der Waals surface area contributed by atoms with Crippen molar-refractivity contribution in [1.82, 2.24) is 15.2 Å². The molecule has 1 N–H and O–H groups in total. The first-order valence-electron chi connectivity index (χ1n) is 11.8. The molecule has 1 amide bonds. The monoisotopic (exact) mass is 544 g/mol. The highest BCUT2D eigenvalue weighted by molar-refractivity contribution is 9.10. The molecule has 4 rings (SSSR count). The molecule has 0 bridgehead atoms. The summed E-state index contributed by atoms with van der Waals surface area (Å²) in [6.07, 6.45) is 3.52. The van der Waals surface area contributed by atoms with Gasteiger partial charge in [0.15, 0.2) is 6.61 Å². The maximum atomic E-state index is 12.5. The second-order valence-electron chi connectivity index (χ2n) is 8.96. The largest absolute Gasteiger partial charge is 0.483 e. The highest BCUT2D eigenvalue weighted by Gasteiger charge is 2.14. The van der Waals surface area contributed by atoms with Gasteiger partial charge in [-0.15, -0.1) is 0 Å². The number of ether oxygens (including phenoxy) is 1. The Kier molecular flexibility index (Phi) is 8.00. The lowest BCUT2D eigenvalue weighted by Crippen LogP contribution is -2.25. The van der Waals surface area contributed by atoms with Crippen molar-refractivity contribution in [2.45, 2.75) is 33.6 Å². The van der Waals surface area contributed by atoms with E-state index in [9.17, 15) is 4.79 Å². The minimum absolute atomic E-state index is 0.133. The fourth-order valence-corrected chi connectivity index (χ4v) is 4.17. The van der Waals surface area contributed by atoms with Gasteiger partial charge < -0.3 is 4.74 Å². The van der Waals surface area contributed by atoms with E-state index < -0.39 is 0 Å². The van der Waals surface area contributed by atoms with Crippen LogP contribution in [0.5, 0.6) is 5.75 Å². The third-order valence-corrected chi connectivity index (χ3v) is 6.57. The van der Waals surface area contributed by atoms with Crippen LogP contribution in [-0.4, -0.2) is 28.5 Å². The maximum Gasteiger partial charge on any atom is 0.277 e. The second kappa shape index (κ2) is 11.4. The molecule has 0 fully saturated rings. The number of aromatic nitrogens is 2. The summed E-state index contributed by atoms with van der Waals surface area (Å²) in [5, 5.41) is 8.98. The summed E-state index contributed by atoms with van der Waals surface area (Å²) in [5.74, 6) is 0.629. The summed E-state index contributed by atoms with van der Waals surface area (Å²) in [6.45, 7) is 8.09. The number of hydrogen-bond donors (Lipinski definition) is 1. The zero-order valence-corrected chi connectivity index (χ0v) is 22.4. The number of rotatable bonds is 8. The molecule has 4 aromatic rings. The first kappa shape index (κ1) is 25.4. The molecule has 184 valence electrons. The van der Waals surface area contributed by atoms with E-state index in [0.717, 1.165) is 43.7 Å². The normalized spacial score (nSPS) is 11.3. The first-order chi connectivity index (χ1) is 17.3. The molecule has 0 atom stereocenters. The molecule has 7 heteroatoms. The molecule has 1 heterocycles. The molecule has 0 aliphatic rings. The number of para-hydroxylation sites is 1. The van der Waals surface area contributed by atoms with Gasteiger partial charge in [0.25, 0.3) is 5.91 Å². The van der Waals surface area contributed by atoms with Gasteiger partial charge in [0.2, 0.25) is 0 Å². The number of nitrogens with zero attached hydrogens (tertiary/aromatic N) is 3. The lowest BCUT2D eigenvalue weighted by molar-refractivity contribution is -0.123. The summed E-state index contributed by atoms with van der Waals surface area (Å²) in [4.78, 5) is 12.5. The topological polar surface area (TPSA) is 68.5 Å². The minimum atomic E-state index is -0.339. The Morgan fingerprint density at radius 3 is 2.61 bits per heavy atom. The van der Waals surface area contributed by atoms with Crippen LogP contribution < -0.4 is 10.2 Å². The van der Waals surface area contributed by atoms with Gasteiger partial charge in [0.05, 0.1) is 11.9 Å². The van der Waals surface area contributed by atoms with Crippen molar-refractivity contribution >= 4 is 28.1 Å². The van der Waals surface area contributed by atoms with E-state index >= 15 is 0 Å². The average Bonchev–Trinajstić information content (AvgIpc) is 3.29. The zero-order chi connectivity index (χ0) is 25.7. The second-order valence-corrected chi connectivity index (χ2v) is 9.81. The van der Waals surface area contributed by atoms with E-state index in [0.29, 0.717) is 5.75 Å². The number of carbonyl (C=O) groups excluding carboxylic acids is 1. The molecule has 3 aromatic carbocycles. The van der Waals surface area contributed by atoms with Crippen LogP contribution in [0.25, 0.3) is 16.9 Å². The molecule has 0 saturated carbocycles. The number of amides is 1. The zero-order valence-electron chi connectivity index (χ0n) is 20.8. The van der Waals surface area contributed by atoms with E-state index in [2.05, 4.69) is 46.4 Å². The standard InChI is InChI=1S/C29H29BrN4O2/c1-19(2)25-15-26(30)21(4)14-27(25)36-18-28(35)32-31-16-23-17-34(24-11-6-5-7-12-24)33-29(23)22-10-8-9-20(3)13-22/h5-17,19H,18H2,1-4H3,(H,32,35)/b31-16+. The number of carbonyl (C=O) groups is 1. The van der Waals surface area contributed by atoms with Gasteiger partial charge in [0, 0.05) is 21.8 Å². The molecule has 0 unspecified atom stereocenters. The van der Waals surface area contributed by atoms with Gasteiger partial charge in [0.1, 0.15) is 11.4 Å². The quantitative estimate of drug-likeness (QED) is 0.201. The molecule has 0 aliphatic heterocycles. The fourth-order valence-electron chi connectivity index (χ4n) is 3.81. The van der Waals surface area contributed by atoms with Crippen molar-refractivity contribution in [2.75, 3.05) is 6.61 Å². The molecule has 6 nitrogen and oxygen atoms in total. The van der Waals surface area contributed by atoms with Crippen LogP contribution in [0, 0.1) is 13.8 Å². The molecule has 0 saturated heterocycles. The number of hydrazone groups is 1. The van der Waals surface area contributed by atoms with Crippen LogP contribution in [-0.2, 0) is 4.79 Å². The van der Waals surface area contributed by atoms with E-state index in [1.165, 1.54) is 0 Å². The maximum absolute atomic E-state index is 12.5. The van der Waals surface area contributed by atoms with E-state index in [1.54, 1.807) is 6.21 Å². The molecule has 0 spiro atoms. The summed E-state index contributed by atoms with van der Waals surface area (Å²) < 4.78 is 8.68. The van der Waals surface area contributed by atoms with Crippen molar-refractivity contribution in [3.05, 3.63) is 99.7 Å². The Morgan fingerprint density at radius 2 is 1.89 bits per heavy atom. The predicted molar refractivity (Wildman–Crippen MR) is 148 cm³/mol. The van der Waals surface area contributed by atoms with Gasteiger partial charge in [-0.05, 0) is 61.2 Å². The van der Waals surface area contributed by atoms with Crippen LogP contribution in [0.3, 0.4) is 0 Å². The number of hydrogen-bond acceptors (Lipinski definition) is 4. The lowest BCUT2D eigenvalue weighted by atomic mass is 10.0. The molecule has 0 aliphatic carbocycles. The van der Waals surface area contributed by atoms with Crippen LogP contribution in [0.1, 0.15) is 42.0 Å². The number of halogens is 1. The van der Waals surface area contributed by atoms with Crippen LogP contribution in [0.2, 0.25) is 0 Å². The predicted octanol–water partition coefficient (Wildman–Crippen LogP) is 6.57. The van der Waals surface area contributed by atoms with Crippen molar-refractivity contribution < 1.29 is 9.53 Å². The Hall–Kier alpha value is -3.71. The highest BCUT2D eigenvalue weighted by atomic mass is 79.9. The van der Waals surface area contributed by atoms with Crippen molar-refractivity contribution in [2.24, 2.45) is 5.10 Å². The molecule has 36 heavy (non-hydrogen) atoms. The molecule has 1 aromatic heterocycles. The molecule has 0 radical (unpaired) electrons. The third kappa shape index (κ3) is 6.10. The van der Waals surface area contributed by atoms with E-state index in [4.69, 9.17) is 9.84 Å². The molecular weight excluding hydrogens is 516 g/mol. The van der Waals surface area contributed by atoms with Gasteiger partial charge in [-0.3, -0.25) is 4.79 Å². The van der Waals surface area contributed by atoms with Crippen molar-refractivity contribution in [3.63, 3.8) is 0 Å². The fraction of sp³-hybridized carbons (Fsp3) is 0.207. The minimum Gasteiger partial charge on any atom is -0.483 e. The van der Waals surface area contributed by atoms with Gasteiger partial charge >= 0.3 is 0 Å².